The van der Waals surface area contributed by atoms with Crippen molar-refractivity contribution >= 4 is 11.8 Å². The third-order valence-corrected chi connectivity index (χ3v) is 5.26. The number of hydrogen-bond acceptors (Lipinski definition) is 8. The van der Waals surface area contributed by atoms with E-state index in [0.29, 0.717) is 37.6 Å². The average molecular weight is 464 g/mol. The van der Waals surface area contributed by atoms with Gasteiger partial charge in [0, 0.05) is 45.2 Å². The van der Waals surface area contributed by atoms with E-state index in [1.54, 1.807) is 0 Å². The van der Waals surface area contributed by atoms with Crippen LogP contribution >= 0.6 is 0 Å². The first-order valence-corrected chi connectivity index (χ1v) is 10.3. The smallest absolute Gasteiger partial charge is 0.275 e. The molecule has 1 saturated heterocycles. The highest BCUT2D eigenvalue weighted by Gasteiger charge is 2.27. The van der Waals surface area contributed by atoms with Gasteiger partial charge < -0.3 is 14.5 Å². The molecule has 0 amide bonds. The Hall–Kier alpha value is -4.45. The zero-order chi connectivity index (χ0) is 24.3. The number of alkyl halides is 2. The van der Waals surface area contributed by atoms with E-state index in [9.17, 15) is 18.8 Å². The first-order chi connectivity index (χ1) is 16.3. The van der Waals surface area contributed by atoms with E-state index in [2.05, 4.69) is 24.9 Å². The van der Waals surface area contributed by atoms with Gasteiger partial charge in [0.25, 0.3) is 17.3 Å². The topological polar surface area (TPSA) is 114 Å². The maximum absolute atomic E-state index is 13.4. The van der Waals surface area contributed by atoms with Gasteiger partial charge in [0.2, 0.25) is 11.6 Å². The van der Waals surface area contributed by atoms with Crippen molar-refractivity contribution in [3.63, 3.8) is 0 Å². The van der Waals surface area contributed by atoms with E-state index in [4.69, 9.17) is 11.3 Å². The highest BCUT2D eigenvalue weighted by atomic mass is 19.3. The molecule has 0 aromatic carbocycles. The standard InChI is InChI=1S/C22H18F2N8O2/c1-22(23,24)14-11-28-21(29-12-14)31-7-5-16(6-8-31)34-18-9-20(33)32(30-17(18)10-25)15-3-4-19(26-2)27-13-15/h3-4,9,11-13,16H,5-8H2,1H3. The number of halogens is 2. The maximum atomic E-state index is 13.4. The van der Waals surface area contributed by atoms with Crippen LogP contribution in [0.5, 0.6) is 5.75 Å². The van der Waals surface area contributed by atoms with Crippen LogP contribution in [0.3, 0.4) is 0 Å². The molecule has 0 unspecified atom stereocenters. The molecule has 0 saturated carbocycles. The number of ether oxygens (including phenoxy) is 1. The minimum Gasteiger partial charge on any atom is -0.487 e. The molecular formula is C22H18F2N8O2. The predicted molar refractivity (Wildman–Crippen MR) is 116 cm³/mol. The Morgan fingerprint density at radius 3 is 2.47 bits per heavy atom. The van der Waals surface area contributed by atoms with E-state index in [1.807, 2.05) is 11.0 Å². The Morgan fingerprint density at radius 1 is 1.21 bits per heavy atom. The van der Waals surface area contributed by atoms with E-state index in [-0.39, 0.29) is 28.9 Å². The molecule has 34 heavy (non-hydrogen) atoms. The summed E-state index contributed by atoms with van der Waals surface area (Å²) in [4.78, 5) is 29.6. The summed E-state index contributed by atoms with van der Waals surface area (Å²) in [6.07, 6.45) is 4.38. The lowest BCUT2D eigenvalue weighted by Gasteiger charge is -2.32. The Morgan fingerprint density at radius 2 is 1.91 bits per heavy atom. The summed E-state index contributed by atoms with van der Waals surface area (Å²) in [7, 11) is 0. The van der Waals surface area contributed by atoms with Crippen LogP contribution in [0.2, 0.25) is 0 Å². The molecule has 1 aliphatic heterocycles. The second-order valence-corrected chi connectivity index (χ2v) is 7.67. The predicted octanol–water partition coefficient (Wildman–Crippen LogP) is 3.00. The fraction of sp³-hybridized carbons (Fsp3) is 0.318. The van der Waals surface area contributed by atoms with Gasteiger partial charge in [0.1, 0.15) is 24.1 Å². The van der Waals surface area contributed by atoms with Crippen LogP contribution in [0.4, 0.5) is 20.5 Å². The summed E-state index contributed by atoms with van der Waals surface area (Å²) in [6.45, 7) is 8.76. The summed E-state index contributed by atoms with van der Waals surface area (Å²) in [5.41, 5.74) is -0.500. The molecule has 0 radical (unpaired) electrons. The molecule has 1 fully saturated rings. The van der Waals surface area contributed by atoms with Crippen LogP contribution in [0.1, 0.15) is 31.0 Å². The lowest BCUT2D eigenvalue weighted by molar-refractivity contribution is 0.0167. The summed E-state index contributed by atoms with van der Waals surface area (Å²) in [5.74, 6) is -2.39. The van der Waals surface area contributed by atoms with Gasteiger partial charge in [0.05, 0.1) is 11.6 Å². The summed E-state index contributed by atoms with van der Waals surface area (Å²) < 4.78 is 33.6. The quantitative estimate of drug-likeness (QED) is 0.530. The molecule has 0 N–H and O–H groups in total. The van der Waals surface area contributed by atoms with Crippen molar-refractivity contribution in [1.82, 2.24) is 24.7 Å². The Kier molecular flexibility index (Phi) is 6.15. The molecule has 1 aliphatic rings. The van der Waals surface area contributed by atoms with E-state index >= 15 is 0 Å². The lowest BCUT2D eigenvalue weighted by Crippen LogP contribution is -2.39. The highest BCUT2D eigenvalue weighted by Crippen LogP contribution is 2.27. The van der Waals surface area contributed by atoms with E-state index in [0.717, 1.165) is 24.0 Å². The zero-order valence-electron chi connectivity index (χ0n) is 18.0. The number of piperidine rings is 1. The third-order valence-electron chi connectivity index (χ3n) is 5.26. The molecule has 4 heterocycles. The summed E-state index contributed by atoms with van der Waals surface area (Å²) in [6, 6.07) is 6.11. The van der Waals surface area contributed by atoms with Gasteiger partial charge in [-0.2, -0.15) is 9.94 Å². The number of anilines is 1. The first-order valence-electron chi connectivity index (χ1n) is 10.3. The molecule has 172 valence electrons. The number of rotatable bonds is 5. The molecular weight excluding hydrogens is 446 g/mol. The zero-order valence-corrected chi connectivity index (χ0v) is 18.0. The van der Waals surface area contributed by atoms with Crippen LogP contribution < -0.4 is 15.2 Å². The first kappa shape index (κ1) is 22.7. The minimum absolute atomic E-state index is 0.0595. The van der Waals surface area contributed by atoms with Crippen LogP contribution in [0.25, 0.3) is 10.5 Å². The van der Waals surface area contributed by atoms with Gasteiger partial charge in [-0.25, -0.2) is 18.7 Å². The number of nitriles is 1. The molecule has 0 aliphatic carbocycles. The van der Waals surface area contributed by atoms with Gasteiger partial charge in [0.15, 0.2) is 5.75 Å². The fourth-order valence-electron chi connectivity index (χ4n) is 3.43. The normalized spacial score (nSPS) is 14.3. The van der Waals surface area contributed by atoms with Gasteiger partial charge in [-0.1, -0.05) is 6.57 Å². The maximum Gasteiger partial charge on any atom is 0.275 e. The largest absolute Gasteiger partial charge is 0.487 e. The van der Waals surface area contributed by atoms with Gasteiger partial charge in [-0.15, -0.1) is 10.1 Å². The number of nitrogens with zero attached hydrogens (tertiary/aromatic N) is 8. The number of hydrogen-bond donors (Lipinski definition) is 0. The molecule has 3 aromatic rings. The molecule has 3 aromatic heterocycles. The Labute approximate surface area is 192 Å². The molecule has 4 rings (SSSR count). The van der Waals surface area contributed by atoms with Crippen LogP contribution in [-0.2, 0) is 5.92 Å². The van der Waals surface area contributed by atoms with Crippen molar-refractivity contribution in [2.75, 3.05) is 18.0 Å². The average Bonchev–Trinajstić information content (AvgIpc) is 2.84. The summed E-state index contributed by atoms with van der Waals surface area (Å²) in [5, 5.41) is 13.6. The number of aromatic nitrogens is 5. The van der Waals surface area contributed by atoms with Crippen molar-refractivity contribution in [1.29, 1.82) is 5.26 Å². The van der Waals surface area contributed by atoms with E-state index in [1.165, 1.54) is 24.4 Å². The van der Waals surface area contributed by atoms with Crippen molar-refractivity contribution in [2.24, 2.45) is 0 Å². The number of pyridine rings is 1. The van der Waals surface area contributed by atoms with Gasteiger partial charge in [-0.05, 0) is 12.1 Å². The van der Waals surface area contributed by atoms with Gasteiger partial charge >= 0.3 is 0 Å². The molecule has 10 nitrogen and oxygen atoms in total. The van der Waals surface area contributed by atoms with Crippen LogP contribution in [-0.4, -0.2) is 43.9 Å². The second kappa shape index (κ2) is 9.19. The molecule has 0 spiro atoms. The SMILES string of the molecule is [C-]#[N+]c1ccc(-n2nc(C#N)c(OC3CCN(c4ncc(C(C)(F)F)cn4)CC3)cc2=O)cn1. The van der Waals surface area contributed by atoms with Gasteiger partial charge in [-0.3, -0.25) is 4.79 Å². The lowest BCUT2D eigenvalue weighted by atomic mass is 10.1. The van der Waals surface area contributed by atoms with Crippen LogP contribution in [0, 0.1) is 17.9 Å². The second-order valence-electron chi connectivity index (χ2n) is 7.67. The summed E-state index contributed by atoms with van der Waals surface area (Å²) >= 11 is 0. The minimum atomic E-state index is -3.00. The highest BCUT2D eigenvalue weighted by molar-refractivity contribution is 5.42. The van der Waals surface area contributed by atoms with Crippen molar-refractivity contribution in [2.45, 2.75) is 31.8 Å². The van der Waals surface area contributed by atoms with Crippen LogP contribution in [0.15, 0.2) is 41.6 Å². The van der Waals surface area contributed by atoms with Crippen molar-refractivity contribution < 1.29 is 13.5 Å². The molecule has 0 atom stereocenters. The van der Waals surface area contributed by atoms with Crippen molar-refractivity contribution in [3.8, 4) is 17.5 Å². The Bertz CT molecular complexity index is 1310. The fourth-order valence-corrected chi connectivity index (χ4v) is 3.43. The van der Waals surface area contributed by atoms with E-state index < -0.39 is 11.5 Å². The Balaban J connectivity index is 1.44. The molecule has 12 heteroatoms. The monoisotopic (exact) mass is 464 g/mol. The third kappa shape index (κ3) is 4.81. The van der Waals surface area contributed by atoms with Crippen molar-refractivity contribution in [3.05, 3.63) is 69.8 Å². The molecule has 0 bridgehead atoms.